The van der Waals surface area contributed by atoms with Crippen LogP contribution < -0.4 is 4.74 Å². The molecule has 3 aliphatic rings. The van der Waals surface area contributed by atoms with E-state index in [1.807, 2.05) is 18.2 Å². The Morgan fingerprint density at radius 3 is 2.85 bits per heavy atom. The number of allylic oxidation sites excluding steroid dienone is 1. The normalized spacial score (nSPS) is 26.0. The number of ether oxygens (including phenoxy) is 2. The van der Waals surface area contributed by atoms with E-state index in [0.717, 1.165) is 37.1 Å². The van der Waals surface area contributed by atoms with Crippen LogP contribution in [0.25, 0.3) is 0 Å². The summed E-state index contributed by atoms with van der Waals surface area (Å²) in [7, 11) is 0. The van der Waals surface area contributed by atoms with Gasteiger partial charge in [0.2, 0.25) is 0 Å². The molecule has 1 aromatic carbocycles. The van der Waals surface area contributed by atoms with Gasteiger partial charge in [0, 0.05) is 5.56 Å². The van der Waals surface area contributed by atoms with Gasteiger partial charge in [0.05, 0.1) is 18.8 Å². The van der Waals surface area contributed by atoms with Crippen LogP contribution in [0.3, 0.4) is 0 Å². The molecule has 3 heterocycles. The highest BCUT2D eigenvalue weighted by molar-refractivity contribution is 5.71. The molecule has 0 saturated carbocycles. The fourth-order valence-electron chi connectivity index (χ4n) is 3.79. The smallest absolute Gasteiger partial charge is 0.344 e. The van der Waals surface area contributed by atoms with Gasteiger partial charge in [-0.3, -0.25) is 4.90 Å². The molecule has 0 spiro atoms. The lowest BCUT2D eigenvalue weighted by atomic mass is 9.81. The Balaban J connectivity index is 1.73. The molecular formula is C22H27NO4. The minimum Gasteiger partial charge on any atom is -0.482 e. The summed E-state index contributed by atoms with van der Waals surface area (Å²) in [5.74, 6) is 7.12. The van der Waals surface area contributed by atoms with Crippen LogP contribution in [0.1, 0.15) is 30.9 Å². The van der Waals surface area contributed by atoms with Gasteiger partial charge in [-0.2, -0.15) is 0 Å². The first-order chi connectivity index (χ1) is 13.1. The third-order valence-electron chi connectivity index (χ3n) is 5.23. The number of piperidine rings is 3. The van der Waals surface area contributed by atoms with Crippen molar-refractivity contribution in [2.45, 2.75) is 38.3 Å². The Hall–Kier alpha value is -2.29. The first-order valence-corrected chi connectivity index (χ1v) is 9.58. The SMILES string of the molecule is C=CCc1cc(OCC(=O)OCC)ccc1C#CC1C(O)C2CCN1CC2. The summed E-state index contributed by atoms with van der Waals surface area (Å²) < 4.78 is 10.4. The van der Waals surface area contributed by atoms with Crippen molar-refractivity contribution in [3.8, 4) is 17.6 Å². The highest BCUT2D eigenvalue weighted by atomic mass is 16.6. The lowest BCUT2D eigenvalue weighted by molar-refractivity contribution is -0.145. The minimum absolute atomic E-state index is 0.0891. The van der Waals surface area contributed by atoms with Gasteiger partial charge in [-0.15, -0.1) is 6.58 Å². The molecule has 0 aromatic heterocycles. The van der Waals surface area contributed by atoms with Gasteiger partial charge >= 0.3 is 5.97 Å². The van der Waals surface area contributed by atoms with Gasteiger partial charge in [0.15, 0.2) is 6.61 Å². The van der Waals surface area contributed by atoms with Gasteiger partial charge < -0.3 is 14.6 Å². The summed E-state index contributed by atoms with van der Waals surface area (Å²) >= 11 is 0. The maximum Gasteiger partial charge on any atom is 0.344 e. The molecule has 0 aliphatic carbocycles. The van der Waals surface area contributed by atoms with E-state index in [1.165, 1.54) is 0 Å². The molecular weight excluding hydrogens is 342 g/mol. The van der Waals surface area contributed by atoms with E-state index >= 15 is 0 Å². The summed E-state index contributed by atoms with van der Waals surface area (Å²) in [4.78, 5) is 13.7. The molecule has 5 nitrogen and oxygen atoms in total. The minimum atomic E-state index is -0.387. The quantitative estimate of drug-likeness (QED) is 0.473. The number of aliphatic hydroxyl groups is 1. The topological polar surface area (TPSA) is 59.0 Å². The van der Waals surface area contributed by atoms with Crippen molar-refractivity contribution in [3.63, 3.8) is 0 Å². The molecule has 27 heavy (non-hydrogen) atoms. The van der Waals surface area contributed by atoms with E-state index < -0.39 is 0 Å². The summed E-state index contributed by atoms with van der Waals surface area (Å²) in [5.41, 5.74) is 1.89. The zero-order chi connectivity index (χ0) is 19.2. The summed E-state index contributed by atoms with van der Waals surface area (Å²) in [6, 6.07) is 5.50. The molecule has 3 fully saturated rings. The molecule has 4 rings (SSSR count). The van der Waals surface area contributed by atoms with Crippen LogP contribution in [0.5, 0.6) is 5.75 Å². The largest absolute Gasteiger partial charge is 0.482 e. The number of carbonyl (C=O) groups excluding carboxylic acids is 1. The number of nitrogens with zero attached hydrogens (tertiary/aromatic N) is 1. The number of aliphatic hydroxyl groups excluding tert-OH is 1. The maximum absolute atomic E-state index is 11.5. The van der Waals surface area contributed by atoms with Crippen LogP contribution in [0.15, 0.2) is 30.9 Å². The number of hydrogen-bond donors (Lipinski definition) is 1. The summed E-state index contributed by atoms with van der Waals surface area (Å²) in [5, 5.41) is 10.5. The molecule has 1 N–H and O–H groups in total. The van der Waals surface area contributed by atoms with Crippen LogP contribution in [0, 0.1) is 17.8 Å². The first kappa shape index (κ1) is 19.5. The van der Waals surface area contributed by atoms with Crippen molar-refractivity contribution < 1.29 is 19.4 Å². The summed E-state index contributed by atoms with van der Waals surface area (Å²) in [6.45, 7) is 7.82. The predicted molar refractivity (Wildman–Crippen MR) is 103 cm³/mol. The molecule has 0 radical (unpaired) electrons. The van der Waals surface area contributed by atoms with Crippen molar-refractivity contribution >= 4 is 5.97 Å². The Morgan fingerprint density at radius 1 is 1.41 bits per heavy atom. The average Bonchev–Trinajstić information content (AvgIpc) is 2.68. The molecule has 2 unspecified atom stereocenters. The second kappa shape index (κ2) is 9.07. The number of hydrogen-bond acceptors (Lipinski definition) is 5. The molecule has 3 aliphatic heterocycles. The summed E-state index contributed by atoms with van der Waals surface area (Å²) in [6.07, 6.45) is 4.23. The molecule has 2 bridgehead atoms. The molecule has 144 valence electrons. The molecule has 3 saturated heterocycles. The average molecular weight is 369 g/mol. The Kier molecular flexibility index (Phi) is 6.54. The zero-order valence-electron chi connectivity index (χ0n) is 15.8. The fraction of sp³-hybridized carbons (Fsp3) is 0.500. The Morgan fingerprint density at radius 2 is 2.19 bits per heavy atom. The highest BCUT2D eigenvalue weighted by Crippen LogP contribution is 2.32. The van der Waals surface area contributed by atoms with Gasteiger partial charge in [0.25, 0.3) is 0 Å². The van der Waals surface area contributed by atoms with E-state index in [4.69, 9.17) is 9.47 Å². The van der Waals surface area contributed by atoms with Crippen molar-refractivity contribution in [2.75, 3.05) is 26.3 Å². The highest BCUT2D eigenvalue weighted by Gasteiger charge is 2.40. The third-order valence-corrected chi connectivity index (χ3v) is 5.23. The van der Waals surface area contributed by atoms with Crippen molar-refractivity contribution in [1.29, 1.82) is 0 Å². The van der Waals surface area contributed by atoms with Crippen molar-refractivity contribution in [1.82, 2.24) is 4.90 Å². The van der Waals surface area contributed by atoms with E-state index in [-0.39, 0.29) is 24.7 Å². The second-order valence-electron chi connectivity index (χ2n) is 6.98. The van der Waals surface area contributed by atoms with E-state index in [9.17, 15) is 9.90 Å². The molecule has 0 amide bonds. The van der Waals surface area contributed by atoms with Gasteiger partial charge in [0.1, 0.15) is 5.75 Å². The lowest BCUT2D eigenvalue weighted by Gasteiger charge is -2.46. The number of fused-ring (bicyclic) bond motifs is 3. The monoisotopic (exact) mass is 369 g/mol. The van der Waals surface area contributed by atoms with Crippen LogP contribution >= 0.6 is 0 Å². The molecule has 2 atom stereocenters. The number of rotatable bonds is 6. The third kappa shape index (κ3) is 4.71. The van der Waals surface area contributed by atoms with E-state index in [1.54, 1.807) is 13.0 Å². The van der Waals surface area contributed by atoms with Crippen molar-refractivity contribution in [2.24, 2.45) is 5.92 Å². The first-order valence-electron chi connectivity index (χ1n) is 9.58. The number of carbonyl (C=O) groups is 1. The zero-order valence-corrected chi connectivity index (χ0v) is 15.8. The van der Waals surface area contributed by atoms with Gasteiger partial charge in [-0.1, -0.05) is 17.9 Å². The molecule has 1 aromatic rings. The predicted octanol–water partition coefficient (Wildman–Crippen LogP) is 2.16. The second-order valence-corrected chi connectivity index (χ2v) is 6.98. The van der Waals surface area contributed by atoms with Crippen LogP contribution in [0.4, 0.5) is 0 Å². The van der Waals surface area contributed by atoms with Crippen molar-refractivity contribution in [3.05, 3.63) is 42.0 Å². The Bertz CT molecular complexity index is 738. The van der Waals surface area contributed by atoms with Crippen LogP contribution in [-0.2, 0) is 16.0 Å². The maximum atomic E-state index is 11.5. The van der Waals surface area contributed by atoms with Gasteiger partial charge in [-0.25, -0.2) is 4.79 Å². The molecule has 5 heteroatoms. The van der Waals surface area contributed by atoms with Gasteiger partial charge in [-0.05, 0) is 69.0 Å². The fourth-order valence-corrected chi connectivity index (χ4v) is 3.79. The number of esters is 1. The standard InChI is InChI=1S/C22H27NO4/c1-3-5-18-14-19(27-15-21(24)26-4-2)8-6-16(18)7-9-20-22(25)17-10-12-23(20)13-11-17/h3,6,8,14,17,20,22,25H,1,4-5,10-13,15H2,2H3. The Labute approximate surface area is 161 Å². The number of benzene rings is 1. The van der Waals surface area contributed by atoms with E-state index in [2.05, 4.69) is 23.3 Å². The van der Waals surface area contributed by atoms with Crippen LogP contribution in [-0.4, -0.2) is 54.4 Å². The van der Waals surface area contributed by atoms with E-state index in [0.29, 0.717) is 24.7 Å². The van der Waals surface area contributed by atoms with Crippen LogP contribution in [0.2, 0.25) is 0 Å². The lowest BCUT2D eigenvalue weighted by Crippen LogP contribution is -2.57.